The fraction of sp³-hybridized carbons (Fsp3) is 0.125. The third kappa shape index (κ3) is 6.24. The number of aliphatic carboxylic acids is 2. The van der Waals surface area contributed by atoms with Crippen LogP contribution in [0.15, 0.2) is 48.5 Å². The van der Waals surface area contributed by atoms with Crippen LogP contribution in [0.1, 0.15) is 27.0 Å². The molecular formula is C24H10F6Hg2O9. The first-order chi connectivity index (χ1) is 18.8. The second kappa shape index (κ2) is 11.7. The van der Waals surface area contributed by atoms with Gasteiger partial charge in [0.05, 0.1) is 0 Å². The zero-order valence-electron chi connectivity index (χ0n) is 20.1. The zero-order valence-corrected chi connectivity index (χ0v) is 31.0. The normalized spacial score (nSPS) is 14.1. The molecule has 0 saturated heterocycles. The molecule has 17 heteroatoms. The molecular weight excluding hydrogens is 947 g/mol. The molecule has 0 fully saturated rings. The molecule has 3 aromatic rings. The van der Waals surface area contributed by atoms with Crippen molar-refractivity contribution in [2.45, 2.75) is 18.0 Å². The van der Waals surface area contributed by atoms with Crippen LogP contribution in [0.2, 0.25) is 0 Å². The van der Waals surface area contributed by atoms with E-state index in [1.165, 1.54) is 0 Å². The van der Waals surface area contributed by atoms with E-state index < -0.39 is 29.9 Å². The molecule has 2 aliphatic rings. The predicted molar refractivity (Wildman–Crippen MR) is 109 cm³/mol. The summed E-state index contributed by atoms with van der Waals surface area (Å²) in [6, 6.07) is 14.2. The number of carboxylic acids is 2. The quantitative estimate of drug-likeness (QED) is 0.188. The number of fused-ring (bicyclic) bond motifs is 6. The molecule has 0 aromatic heterocycles. The van der Waals surface area contributed by atoms with Crippen LogP contribution in [0.4, 0.5) is 26.3 Å². The number of carbonyl (C=O) groups excluding carboxylic acids is 3. The van der Waals surface area contributed by atoms with Gasteiger partial charge in [-0.15, -0.1) is 0 Å². The van der Waals surface area contributed by atoms with Crippen molar-refractivity contribution in [3.8, 4) is 23.0 Å². The molecule has 41 heavy (non-hydrogen) atoms. The van der Waals surface area contributed by atoms with Crippen LogP contribution in [-0.2, 0) is 72.2 Å². The van der Waals surface area contributed by atoms with E-state index in [9.17, 15) is 41.4 Å². The molecule has 5 rings (SSSR count). The van der Waals surface area contributed by atoms with Gasteiger partial charge >= 0.3 is 201 Å². The van der Waals surface area contributed by atoms with Gasteiger partial charge in [-0.2, -0.15) is 26.3 Å². The van der Waals surface area contributed by atoms with E-state index in [-0.39, 0.29) is 69.7 Å². The summed E-state index contributed by atoms with van der Waals surface area (Å²) in [5.74, 6) is -4.92. The van der Waals surface area contributed by atoms with E-state index >= 15 is 0 Å². The minimum atomic E-state index is -5.19. The molecule has 0 aliphatic carbocycles. The van der Waals surface area contributed by atoms with Crippen molar-refractivity contribution in [2.24, 2.45) is 0 Å². The number of esters is 1. The standard InChI is InChI=1S/C20H10O5.2C2HF3O2.2Hg/c21-11-5-7-15-17(9-11)24-18-10-12(22)6-8-16(18)20(15)14-4-2-1-3-13(14)19(23)25-20;2*3-2(4,5)1(6)7;;/h1-8,21-22H;2*(H,6,7);;/q;;;2*+1/p-2. The average Bonchev–Trinajstić information content (AvgIpc) is 3.17. The summed E-state index contributed by atoms with van der Waals surface area (Å²) in [7, 11) is 0. The average molecular weight is 958 g/mol. The molecule has 2 N–H and O–H groups in total. The van der Waals surface area contributed by atoms with Crippen molar-refractivity contribution < 1.29 is 123 Å². The monoisotopic (exact) mass is 960 g/mol. The fourth-order valence-corrected chi connectivity index (χ4v) is 6.85. The Balaban J connectivity index is 0.000000276. The Morgan fingerprint density at radius 1 is 0.732 bits per heavy atom. The second-order valence-electron chi connectivity index (χ2n) is 8.17. The molecule has 206 valence electrons. The zero-order chi connectivity index (χ0) is 31.1. The van der Waals surface area contributed by atoms with Crippen LogP contribution in [0, 0.1) is 0 Å². The van der Waals surface area contributed by atoms with Crippen molar-refractivity contribution in [2.75, 3.05) is 0 Å². The summed E-state index contributed by atoms with van der Waals surface area (Å²) >= 11 is 0.149. The molecule has 9 nitrogen and oxygen atoms in total. The molecule has 0 bridgehead atoms. The predicted octanol–water partition coefficient (Wildman–Crippen LogP) is 0.607. The van der Waals surface area contributed by atoms with Gasteiger partial charge in [0.15, 0.2) is 0 Å². The van der Waals surface area contributed by atoms with Gasteiger partial charge in [0.2, 0.25) is 0 Å². The van der Waals surface area contributed by atoms with Crippen molar-refractivity contribution in [3.05, 3.63) is 70.8 Å². The number of benzene rings is 3. The summed E-state index contributed by atoms with van der Waals surface area (Å²) in [5, 5.41) is 38.1. The van der Waals surface area contributed by atoms with Crippen molar-refractivity contribution >= 4 is 24.1 Å². The maximum atomic E-state index is 12.7. The van der Waals surface area contributed by atoms with Gasteiger partial charge in [0.1, 0.15) is 11.9 Å². The first-order valence-electron chi connectivity index (χ1n) is 10.8. The Morgan fingerprint density at radius 3 is 1.51 bits per heavy atom. The minimum absolute atomic E-state index is 0.0747. The number of hydrogen-bond donors (Lipinski definition) is 2. The van der Waals surface area contributed by atoms with Gasteiger partial charge in [-0.05, 0) is 0 Å². The Kier molecular flexibility index (Phi) is 9.22. The van der Waals surface area contributed by atoms with E-state index in [2.05, 4.69) is 0 Å². The van der Waals surface area contributed by atoms with Crippen LogP contribution in [0.5, 0.6) is 23.0 Å². The summed E-state index contributed by atoms with van der Waals surface area (Å²) in [6.07, 6.45) is -10.4. The van der Waals surface area contributed by atoms with Gasteiger partial charge in [0, 0.05) is 0 Å². The topological polar surface area (TPSA) is 156 Å². The van der Waals surface area contributed by atoms with E-state index in [1.807, 2.05) is 18.2 Å². The van der Waals surface area contributed by atoms with Gasteiger partial charge in [-0.25, -0.2) is 0 Å². The van der Waals surface area contributed by atoms with Gasteiger partial charge in [-0.3, -0.25) is 0 Å². The number of ether oxygens (including phenoxy) is 2. The molecule has 1 spiro atoms. The first kappa shape index (κ1) is 32.4. The van der Waals surface area contributed by atoms with Crippen LogP contribution >= 0.6 is 0 Å². The number of carbonyl (C=O) groups is 3. The molecule has 0 radical (unpaired) electrons. The molecule has 0 saturated carbocycles. The summed E-state index contributed by atoms with van der Waals surface area (Å²) in [5.41, 5.74) is 1.60. The maximum absolute atomic E-state index is 12.7. The number of hydrogen-bond acceptors (Lipinski definition) is 9. The van der Waals surface area contributed by atoms with E-state index in [0.29, 0.717) is 17.1 Å². The van der Waals surface area contributed by atoms with Gasteiger partial charge in [-0.1, -0.05) is 0 Å². The molecule has 0 amide bonds. The van der Waals surface area contributed by atoms with E-state index in [4.69, 9.17) is 29.3 Å². The number of phenolic OH excluding ortho intramolecular Hbond substituents is 2. The van der Waals surface area contributed by atoms with Crippen molar-refractivity contribution in [1.82, 2.24) is 0 Å². The van der Waals surface area contributed by atoms with E-state index in [0.717, 1.165) is 22.8 Å². The van der Waals surface area contributed by atoms with Crippen LogP contribution < -0.4 is 21.1 Å². The first-order valence-corrected chi connectivity index (χ1v) is 16.3. The Hall–Kier alpha value is -3.08. The summed E-state index contributed by atoms with van der Waals surface area (Å²) < 4.78 is 76.9. The van der Waals surface area contributed by atoms with Crippen LogP contribution in [-0.4, -0.2) is 40.5 Å². The third-order valence-electron chi connectivity index (χ3n) is 5.67. The SMILES string of the molecule is O=C([O-])C(F)(F)F.O=C([O-])C(F)(F)F.O=C1OC2(c3ccccc31)c1ccc(O)[c]([Hg+])c1Oc1c2ccc(O)[c]1[Hg+]. The number of halogens is 6. The van der Waals surface area contributed by atoms with Gasteiger partial charge in [0.25, 0.3) is 0 Å². The Labute approximate surface area is 257 Å². The Bertz CT molecular complexity index is 1470. The third-order valence-corrected chi connectivity index (χ3v) is 11.0. The second-order valence-corrected chi connectivity index (χ2v) is 13.7. The van der Waals surface area contributed by atoms with Crippen LogP contribution in [0.3, 0.4) is 0 Å². The number of aromatic hydroxyl groups is 2. The molecule has 2 aliphatic heterocycles. The number of rotatable bonds is 0. The van der Waals surface area contributed by atoms with Crippen LogP contribution in [0.25, 0.3) is 0 Å². The number of phenols is 2. The summed E-state index contributed by atoms with van der Waals surface area (Å²) in [6.45, 7) is 0. The molecule has 3 aromatic carbocycles. The number of carboxylic acid groups (broad SMARTS) is 2. The molecule has 0 atom stereocenters. The number of alkyl halides is 6. The van der Waals surface area contributed by atoms with Crippen molar-refractivity contribution in [3.63, 3.8) is 0 Å². The fourth-order valence-electron chi connectivity index (χ4n) is 3.89. The molecule has 2 heterocycles. The molecule has 0 unspecified atom stereocenters. The summed E-state index contributed by atoms with van der Waals surface area (Å²) in [4.78, 5) is 30.3. The Morgan fingerprint density at radius 2 is 1.12 bits per heavy atom. The van der Waals surface area contributed by atoms with E-state index in [1.54, 1.807) is 30.3 Å². The van der Waals surface area contributed by atoms with Gasteiger partial charge < -0.3 is 19.8 Å². The van der Waals surface area contributed by atoms with Crippen molar-refractivity contribution in [1.29, 1.82) is 0 Å².